The molecule has 2 heterocycles. The van der Waals surface area contributed by atoms with E-state index in [9.17, 15) is 4.79 Å². The van der Waals surface area contributed by atoms with Crippen LogP contribution in [0.3, 0.4) is 0 Å². The number of nitrogens with zero attached hydrogens (tertiary/aromatic N) is 2. The minimum Gasteiger partial charge on any atom is -0.469 e. The van der Waals surface area contributed by atoms with E-state index in [1.807, 2.05) is 24.3 Å². The van der Waals surface area contributed by atoms with Gasteiger partial charge in [-0.3, -0.25) is 4.79 Å². The Morgan fingerprint density at radius 1 is 1.40 bits per heavy atom. The molecule has 0 bridgehead atoms. The fourth-order valence-corrected chi connectivity index (χ4v) is 4.43. The molecule has 0 atom stereocenters. The fraction of sp³-hybridized carbons (Fsp3) is 0.235. The molecule has 0 spiro atoms. The highest BCUT2D eigenvalue weighted by molar-refractivity contribution is 9.10. The van der Waals surface area contributed by atoms with Gasteiger partial charge >= 0.3 is 5.97 Å². The highest BCUT2D eigenvalue weighted by Crippen LogP contribution is 2.35. The van der Waals surface area contributed by atoms with E-state index >= 15 is 0 Å². The minimum atomic E-state index is -0.272. The molecule has 0 saturated heterocycles. The monoisotopic (exact) mass is 439 g/mol. The van der Waals surface area contributed by atoms with Crippen LogP contribution in [-0.2, 0) is 22.4 Å². The van der Waals surface area contributed by atoms with Gasteiger partial charge in [0.15, 0.2) is 5.16 Å². The number of benzene rings is 1. The van der Waals surface area contributed by atoms with Crippen molar-refractivity contribution in [3.8, 4) is 0 Å². The Balaban J connectivity index is 1.90. The molecule has 0 saturated carbocycles. The summed E-state index contributed by atoms with van der Waals surface area (Å²) in [6.07, 6.45) is 1.07. The summed E-state index contributed by atoms with van der Waals surface area (Å²) < 4.78 is 5.61. The lowest BCUT2D eigenvalue weighted by Crippen LogP contribution is -2.04. The Morgan fingerprint density at radius 2 is 2.20 bits per heavy atom. The zero-order valence-electron chi connectivity index (χ0n) is 13.6. The van der Waals surface area contributed by atoms with E-state index in [4.69, 9.17) is 16.3 Å². The first-order chi connectivity index (χ1) is 12.0. The summed E-state index contributed by atoms with van der Waals surface area (Å²) in [7, 11) is 1.38. The molecule has 3 aromatic rings. The second-order valence-electron chi connectivity index (χ2n) is 5.29. The average Bonchev–Trinajstić information content (AvgIpc) is 2.91. The summed E-state index contributed by atoms with van der Waals surface area (Å²) in [6, 6.07) is 7.63. The summed E-state index contributed by atoms with van der Waals surface area (Å²) in [6.45, 7) is 2.05. The number of nitrogens with one attached hydrogen (secondary N) is 1. The molecule has 0 fully saturated rings. The first kappa shape index (κ1) is 18.2. The van der Waals surface area contributed by atoms with E-state index in [0.29, 0.717) is 16.0 Å². The van der Waals surface area contributed by atoms with Gasteiger partial charge in [0, 0.05) is 10.6 Å². The lowest BCUT2D eigenvalue weighted by molar-refractivity contribution is -0.139. The van der Waals surface area contributed by atoms with Crippen LogP contribution in [0.4, 0.5) is 0 Å². The molecular formula is C17H15BrClN3O2S. The van der Waals surface area contributed by atoms with E-state index in [1.165, 1.54) is 18.9 Å². The Kier molecular flexibility index (Phi) is 5.66. The third kappa shape index (κ3) is 3.99. The van der Waals surface area contributed by atoms with Crippen molar-refractivity contribution in [1.29, 1.82) is 0 Å². The van der Waals surface area contributed by atoms with E-state index in [2.05, 4.69) is 37.8 Å². The summed E-state index contributed by atoms with van der Waals surface area (Å²) in [5.41, 5.74) is 2.62. The van der Waals surface area contributed by atoms with Crippen LogP contribution in [-0.4, -0.2) is 28.0 Å². The first-order valence-corrected chi connectivity index (χ1v) is 9.57. The van der Waals surface area contributed by atoms with Crippen molar-refractivity contribution in [1.82, 2.24) is 15.0 Å². The molecular weight excluding hydrogens is 426 g/mol. The van der Waals surface area contributed by atoms with E-state index in [0.717, 1.165) is 32.4 Å². The summed E-state index contributed by atoms with van der Waals surface area (Å²) >= 11 is 11.3. The summed E-state index contributed by atoms with van der Waals surface area (Å²) in [5, 5.41) is 1.74. The molecule has 2 aromatic heterocycles. The molecule has 130 valence electrons. The van der Waals surface area contributed by atoms with Crippen LogP contribution in [0.25, 0.3) is 11.0 Å². The molecule has 3 rings (SSSR count). The average molecular weight is 441 g/mol. The number of carbonyl (C=O) groups is 1. The van der Waals surface area contributed by atoms with Gasteiger partial charge in [-0.05, 0) is 51.8 Å². The largest absolute Gasteiger partial charge is 0.469 e. The topological polar surface area (TPSA) is 67.9 Å². The van der Waals surface area contributed by atoms with Crippen LogP contribution in [0.1, 0.15) is 18.2 Å². The predicted octanol–water partition coefficient (Wildman–Crippen LogP) is 4.80. The van der Waals surface area contributed by atoms with Gasteiger partial charge in [-0.15, -0.1) is 0 Å². The lowest BCUT2D eigenvalue weighted by Gasteiger charge is -2.05. The van der Waals surface area contributed by atoms with Crippen molar-refractivity contribution in [2.45, 2.75) is 29.8 Å². The quantitative estimate of drug-likeness (QED) is 0.350. The molecule has 0 aliphatic carbocycles. The molecule has 5 nitrogen and oxygen atoms in total. The molecule has 1 aromatic carbocycles. The van der Waals surface area contributed by atoms with Crippen molar-refractivity contribution >= 4 is 56.3 Å². The zero-order valence-corrected chi connectivity index (χ0v) is 16.8. The van der Waals surface area contributed by atoms with Crippen molar-refractivity contribution in [3.63, 3.8) is 0 Å². The van der Waals surface area contributed by atoms with Gasteiger partial charge in [0.2, 0.25) is 0 Å². The first-order valence-electron chi connectivity index (χ1n) is 7.59. The van der Waals surface area contributed by atoms with Crippen LogP contribution in [0.15, 0.2) is 38.8 Å². The number of rotatable bonds is 5. The Hall–Kier alpha value is -1.57. The van der Waals surface area contributed by atoms with E-state index < -0.39 is 0 Å². The van der Waals surface area contributed by atoms with Crippen molar-refractivity contribution < 1.29 is 9.53 Å². The number of fused-ring (bicyclic) bond motifs is 1. The molecule has 0 aliphatic heterocycles. The molecule has 8 heteroatoms. The normalized spacial score (nSPS) is 11.0. The third-order valence-corrected chi connectivity index (χ3v) is 5.64. The molecule has 0 aliphatic rings. The van der Waals surface area contributed by atoms with Gasteiger partial charge in [0.05, 0.1) is 23.4 Å². The SMILES string of the molecule is CCc1[nH]c2nc(Sc3cccc(CC(=O)OC)c3)nc(Cl)c2c1Br. The Labute approximate surface area is 162 Å². The number of halogens is 2. The summed E-state index contributed by atoms with van der Waals surface area (Å²) in [4.78, 5) is 24.6. The van der Waals surface area contributed by atoms with Crippen LogP contribution < -0.4 is 0 Å². The number of aromatic nitrogens is 3. The number of methoxy groups -OCH3 is 1. The van der Waals surface area contributed by atoms with Crippen molar-refractivity contribution in [3.05, 3.63) is 45.1 Å². The van der Waals surface area contributed by atoms with E-state index in [-0.39, 0.29) is 12.4 Å². The molecule has 0 radical (unpaired) electrons. The van der Waals surface area contributed by atoms with Gasteiger partial charge in [0.1, 0.15) is 10.8 Å². The molecule has 25 heavy (non-hydrogen) atoms. The highest BCUT2D eigenvalue weighted by Gasteiger charge is 2.15. The minimum absolute atomic E-state index is 0.231. The van der Waals surface area contributed by atoms with Crippen molar-refractivity contribution in [2.24, 2.45) is 0 Å². The van der Waals surface area contributed by atoms with E-state index in [1.54, 1.807) is 0 Å². The number of aromatic amines is 1. The van der Waals surface area contributed by atoms with Crippen molar-refractivity contribution in [2.75, 3.05) is 7.11 Å². The molecule has 0 amide bonds. The maximum Gasteiger partial charge on any atom is 0.309 e. The maximum absolute atomic E-state index is 11.4. The zero-order chi connectivity index (χ0) is 18.0. The van der Waals surface area contributed by atoms with Gasteiger partial charge in [-0.25, -0.2) is 9.97 Å². The van der Waals surface area contributed by atoms with Gasteiger partial charge < -0.3 is 9.72 Å². The number of aryl methyl sites for hydroxylation is 1. The highest BCUT2D eigenvalue weighted by atomic mass is 79.9. The fourth-order valence-electron chi connectivity index (χ4n) is 2.40. The van der Waals surface area contributed by atoms with Crippen LogP contribution in [0, 0.1) is 0 Å². The second kappa shape index (κ2) is 7.76. The predicted molar refractivity (Wildman–Crippen MR) is 102 cm³/mol. The Bertz CT molecular complexity index is 945. The third-order valence-electron chi connectivity index (χ3n) is 3.64. The van der Waals surface area contributed by atoms with Crippen LogP contribution in [0.5, 0.6) is 0 Å². The molecule has 1 N–H and O–H groups in total. The number of hydrogen-bond acceptors (Lipinski definition) is 5. The Morgan fingerprint density at radius 3 is 2.92 bits per heavy atom. The van der Waals surface area contributed by atoms with Gasteiger partial charge in [-0.1, -0.05) is 30.7 Å². The second-order valence-corrected chi connectivity index (χ2v) is 7.49. The smallest absolute Gasteiger partial charge is 0.309 e. The number of H-pyrrole nitrogens is 1. The molecule has 0 unspecified atom stereocenters. The summed E-state index contributed by atoms with van der Waals surface area (Å²) in [5.74, 6) is -0.272. The number of hydrogen-bond donors (Lipinski definition) is 1. The lowest BCUT2D eigenvalue weighted by atomic mass is 10.1. The van der Waals surface area contributed by atoms with Crippen LogP contribution in [0.2, 0.25) is 5.15 Å². The standard InChI is InChI=1S/C17H15BrClN3O2S/c1-3-11-14(18)13-15(19)21-17(22-16(13)20-11)25-10-6-4-5-9(7-10)8-12(23)24-2/h4-7H,3,8H2,1-2H3,(H,20,21,22). The number of carbonyl (C=O) groups excluding carboxylic acids is 1. The number of esters is 1. The van der Waals surface area contributed by atoms with Crippen LogP contribution >= 0.6 is 39.3 Å². The van der Waals surface area contributed by atoms with Gasteiger partial charge in [-0.2, -0.15) is 0 Å². The van der Waals surface area contributed by atoms with Gasteiger partial charge in [0.25, 0.3) is 0 Å². The number of ether oxygens (including phenoxy) is 1. The maximum atomic E-state index is 11.4.